The fourth-order valence-corrected chi connectivity index (χ4v) is 5.07. The van der Waals surface area contributed by atoms with E-state index in [1.807, 2.05) is 31.2 Å². The highest BCUT2D eigenvalue weighted by atomic mass is 35.5. The summed E-state index contributed by atoms with van der Waals surface area (Å²) in [7, 11) is 0. The van der Waals surface area contributed by atoms with Crippen LogP contribution in [0.3, 0.4) is 0 Å². The zero-order valence-electron chi connectivity index (χ0n) is 23.0. The van der Waals surface area contributed by atoms with Crippen LogP contribution in [0.25, 0.3) is 6.08 Å². The Morgan fingerprint density at radius 3 is 2.49 bits per heavy atom. The topological polar surface area (TPSA) is 94.2 Å². The van der Waals surface area contributed by atoms with Gasteiger partial charge in [-0.2, -0.15) is 0 Å². The third-order valence-corrected chi connectivity index (χ3v) is 7.21. The van der Waals surface area contributed by atoms with E-state index < -0.39 is 5.91 Å². The number of nitrogens with one attached hydrogen (secondary N) is 1. The molecule has 0 aliphatic carbocycles. The summed E-state index contributed by atoms with van der Waals surface area (Å²) in [5.41, 5.74) is 2.44. The van der Waals surface area contributed by atoms with Crippen molar-refractivity contribution in [3.8, 4) is 17.2 Å². The molecule has 1 aliphatic heterocycles. The third-order valence-electron chi connectivity index (χ3n) is 6.05. The van der Waals surface area contributed by atoms with Crippen LogP contribution < -0.4 is 19.5 Å². The van der Waals surface area contributed by atoms with Crippen molar-refractivity contribution >= 4 is 52.2 Å². The Morgan fingerprint density at radius 2 is 1.76 bits per heavy atom. The van der Waals surface area contributed by atoms with Gasteiger partial charge in [-0.1, -0.05) is 49.7 Å². The summed E-state index contributed by atoms with van der Waals surface area (Å²) in [6.45, 7) is 6.41. The van der Waals surface area contributed by atoms with Crippen LogP contribution in [0.15, 0.2) is 71.6 Å². The summed E-state index contributed by atoms with van der Waals surface area (Å²) in [6, 6.07) is 19.6. The SMILES string of the molecule is CCOc1cc(/C=C2\SC(=O)N(CCOc3ccc(Cl)cc3)C2=O)ccc1OCC(=O)Nc1ccccc1C(C)C. The highest BCUT2D eigenvalue weighted by molar-refractivity contribution is 8.18. The predicted molar refractivity (Wildman–Crippen MR) is 162 cm³/mol. The molecule has 0 atom stereocenters. The molecule has 4 rings (SSSR count). The number of ether oxygens (including phenoxy) is 3. The molecule has 1 N–H and O–H groups in total. The smallest absolute Gasteiger partial charge is 0.293 e. The molecule has 0 aromatic heterocycles. The number of rotatable bonds is 12. The molecular formula is C31H31ClN2O6S. The van der Waals surface area contributed by atoms with Gasteiger partial charge in [-0.05, 0) is 84.3 Å². The number of hydrogen-bond donors (Lipinski definition) is 1. The lowest BCUT2D eigenvalue weighted by molar-refractivity contribution is -0.123. The van der Waals surface area contributed by atoms with Gasteiger partial charge in [-0.25, -0.2) is 0 Å². The van der Waals surface area contributed by atoms with Gasteiger partial charge in [0.25, 0.3) is 17.1 Å². The van der Waals surface area contributed by atoms with Gasteiger partial charge in [-0.15, -0.1) is 0 Å². The molecule has 0 bridgehead atoms. The molecule has 1 aliphatic rings. The Bertz CT molecular complexity index is 1440. The van der Waals surface area contributed by atoms with Crippen LogP contribution in [0, 0.1) is 0 Å². The van der Waals surface area contributed by atoms with Crippen LogP contribution in [0.5, 0.6) is 17.2 Å². The molecule has 3 aromatic rings. The van der Waals surface area contributed by atoms with Crippen LogP contribution in [-0.2, 0) is 9.59 Å². The first-order chi connectivity index (χ1) is 19.7. The largest absolute Gasteiger partial charge is 0.492 e. The fraction of sp³-hybridized carbons (Fsp3) is 0.258. The molecule has 1 fully saturated rings. The Morgan fingerprint density at radius 1 is 1.00 bits per heavy atom. The molecule has 1 saturated heterocycles. The number of nitrogens with zero attached hydrogens (tertiary/aromatic N) is 1. The van der Waals surface area contributed by atoms with Crippen LogP contribution in [0.2, 0.25) is 5.02 Å². The number of para-hydroxylation sites is 1. The van der Waals surface area contributed by atoms with Gasteiger partial charge in [-0.3, -0.25) is 19.3 Å². The molecular weight excluding hydrogens is 564 g/mol. The minimum absolute atomic E-state index is 0.116. The van der Waals surface area contributed by atoms with Gasteiger partial charge in [0.1, 0.15) is 12.4 Å². The summed E-state index contributed by atoms with van der Waals surface area (Å²) >= 11 is 6.75. The standard InChI is InChI=1S/C31H31ClN2O6S/c1-4-38-27-17-21(9-14-26(27)40-19-29(35)33-25-8-6-5-7-24(25)20(2)3)18-28-30(36)34(31(37)41-28)15-16-39-23-12-10-22(32)11-13-23/h5-14,17-18,20H,4,15-16,19H2,1-3H3,(H,33,35)/b28-18-. The molecule has 0 unspecified atom stereocenters. The number of carbonyl (C=O) groups is 3. The Balaban J connectivity index is 1.38. The molecule has 3 aromatic carbocycles. The molecule has 0 spiro atoms. The van der Waals surface area contributed by atoms with E-state index in [-0.39, 0.29) is 36.8 Å². The monoisotopic (exact) mass is 594 g/mol. The van der Waals surface area contributed by atoms with Crippen molar-refractivity contribution in [3.63, 3.8) is 0 Å². The van der Waals surface area contributed by atoms with Crippen molar-refractivity contribution in [3.05, 3.63) is 87.8 Å². The second-order valence-corrected chi connectivity index (χ2v) is 10.8. The molecule has 8 nitrogen and oxygen atoms in total. The van der Waals surface area contributed by atoms with E-state index in [0.29, 0.717) is 39.3 Å². The summed E-state index contributed by atoms with van der Waals surface area (Å²) in [6.07, 6.45) is 1.63. The number of halogens is 1. The van der Waals surface area contributed by atoms with Gasteiger partial charge < -0.3 is 19.5 Å². The number of benzene rings is 3. The lowest BCUT2D eigenvalue weighted by atomic mass is 10.0. The van der Waals surface area contributed by atoms with Crippen molar-refractivity contribution in [1.29, 1.82) is 0 Å². The fourth-order valence-electron chi connectivity index (χ4n) is 4.08. The van der Waals surface area contributed by atoms with Crippen LogP contribution in [0.4, 0.5) is 10.5 Å². The lowest BCUT2D eigenvalue weighted by Gasteiger charge is -2.15. The first-order valence-electron chi connectivity index (χ1n) is 13.2. The van der Waals surface area contributed by atoms with Crippen molar-refractivity contribution in [2.75, 3.05) is 31.7 Å². The Labute approximate surface area is 248 Å². The second-order valence-electron chi connectivity index (χ2n) is 9.35. The number of thioether (sulfide) groups is 1. The van der Waals surface area contributed by atoms with E-state index in [9.17, 15) is 14.4 Å². The zero-order valence-corrected chi connectivity index (χ0v) is 24.6. The first kappa shape index (κ1) is 30.0. The quantitative estimate of drug-likeness (QED) is 0.226. The average molecular weight is 595 g/mol. The minimum atomic E-state index is -0.392. The normalized spacial score (nSPS) is 14.1. The van der Waals surface area contributed by atoms with E-state index >= 15 is 0 Å². The van der Waals surface area contributed by atoms with E-state index in [4.69, 9.17) is 25.8 Å². The van der Waals surface area contributed by atoms with E-state index in [0.717, 1.165) is 27.9 Å². The highest BCUT2D eigenvalue weighted by Crippen LogP contribution is 2.35. The van der Waals surface area contributed by atoms with Gasteiger partial charge >= 0.3 is 0 Å². The number of hydrogen-bond acceptors (Lipinski definition) is 7. The summed E-state index contributed by atoms with van der Waals surface area (Å²) in [5.74, 6) is 0.986. The van der Waals surface area contributed by atoms with Crippen molar-refractivity contribution in [2.45, 2.75) is 26.7 Å². The van der Waals surface area contributed by atoms with Crippen LogP contribution in [-0.4, -0.2) is 48.3 Å². The minimum Gasteiger partial charge on any atom is -0.492 e. The molecule has 3 amide bonds. The van der Waals surface area contributed by atoms with Gasteiger partial charge in [0, 0.05) is 10.7 Å². The predicted octanol–water partition coefficient (Wildman–Crippen LogP) is 6.99. The summed E-state index contributed by atoms with van der Waals surface area (Å²) < 4.78 is 17.1. The van der Waals surface area contributed by atoms with E-state index in [1.54, 1.807) is 48.5 Å². The van der Waals surface area contributed by atoms with Crippen LogP contribution in [0.1, 0.15) is 37.8 Å². The van der Waals surface area contributed by atoms with Gasteiger partial charge in [0.15, 0.2) is 18.1 Å². The third kappa shape index (κ3) is 8.05. The molecule has 1 heterocycles. The number of anilines is 1. The molecule has 214 valence electrons. The molecule has 10 heteroatoms. The van der Waals surface area contributed by atoms with E-state index in [1.165, 1.54) is 0 Å². The summed E-state index contributed by atoms with van der Waals surface area (Å²) in [5, 5.41) is 3.13. The van der Waals surface area contributed by atoms with Crippen LogP contribution >= 0.6 is 23.4 Å². The van der Waals surface area contributed by atoms with Crippen molar-refractivity contribution < 1.29 is 28.6 Å². The summed E-state index contributed by atoms with van der Waals surface area (Å²) in [4.78, 5) is 39.5. The van der Waals surface area contributed by atoms with E-state index in [2.05, 4.69) is 19.2 Å². The van der Waals surface area contributed by atoms with Crippen molar-refractivity contribution in [2.24, 2.45) is 0 Å². The number of amides is 3. The molecule has 0 saturated carbocycles. The second kappa shape index (κ2) is 14.1. The highest BCUT2D eigenvalue weighted by Gasteiger charge is 2.34. The molecule has 41 heavy (non-hydrogen) atoms. The Hall–Kier alpha value is -3.95. The van der Waals surface area contributed by atoms with Gasteiger partial charge in [0.05, 0.1) is 18.1 Å². The average Bonchev–Trinajstić information content (AvgIpc) is 3.21. The maximum Gasteiger partial charge on any atom is 0.293 e. The molecule has 0 radical (unpaired) electrons. The van der Waals surface area contributed by atoms with Crippen molar-refractivity contribution in [1.82, 2.24) is 4.90 Å². The first-order valence-corrected chi connectivity index (χ1v) is 14.4. The zero-order chi connectivity index (χ0) is 29.4. The lowest BCUT2D eigenvalue weighted by Crippen LogP contribution is -2.32. The maximum atomic E-state index is 12.9. The number of carbonyl (C=O) groups excluding carboxylic acids is 3. The number of imide groups is 1. The van der Waals surface area contributed by atoms with Gasteiger partial charge in [0.2, 0.25) is 0 Å². The maximum absolute atomic E-state index is 12.9. The Kier molecular flexibility index (Phi) is 10.3.